The Morgan fingerprint density at radius 3 is 2.84 bits per heavy atom. The Kier molecular flexibility index (Phi) is 3.43. The van der Waals surface area contributed by atoms with Gasteiger partial charge in [0.1, 0.15) is 0 Å². The van der Waals surface area contributed by atoms with Gasteiger partial charge in [-0.2, -0.15) is 0 Å². The summed E-state index contributed by atoms with van der Waals surface area (Å²) in [5, 5.41) is 5.42. The molecule has 1 atom stereocenters. The van der Waals surface area contributed by atoms with Crippen molar-refractivity contribution < 1.29 is 8.42 Å². The van der Waals surface area contributed by atoms with Gasteiger partial charge in [-0.3, -0.25) is 0 Å². The van der Waals surface area contributed by atoms with E-state index >= 15 is 0 Å². The third-order valence-corrected chi connectivity index (χ3v) is 6.11. The van der Waals surface area contributed by atoms with E-state index in [0.29, 0.717) is 4.90 Å². The summed E-state index contributed by atoms with van der Waals surface area (Å²) >= 11 is 1.73. The predicted molar refractivity (Wildman–Crippen MR) is 77.3 cm³/mol. The van der Waals surface area contributed by atoms with Crippen molar-refractivity contribution in [2.45, 2.75) is 17.4 Å². The van der Waals surface area contributed by atoms with Crippen molar-refractivity contribution in [3.05, 3.63) is 52.2 Å². The first-order valence-corrected chi connectivity index (χ1v) is 8.77. The lowest BCUT2D eigenvalue weighted by Crippen LogP contribution is -2.24. The summed E-state index contributed by atoms with van der Waals surface area (Å²) in [5.41, 5.74) is 0.911. The van der Waals surface area contributed by atoms with Crippen molar-refractivity contribution in [2.75, 3.05) is 12.3 Å². The van der Waals surface area contributed by atoms with E-state index in [-0.39, 0.29) is 11.8 Å². The molecule has 1 aliphatic rings. The van der Waals surface area contributed by atoms with Crippen molar-refractivity contribution in [1.82, 2.24) is 5.32 Å². The maximum atomic E-state index is 12.0. The molecule has 1 unspecified atom stereocenters. The summed E-state index contributed by atoms with van der Waals surface area (Å²) in [6.07, 6.45) is 0.941. The molecular weight excluding hydrogens is 278 g/mol. The highest BCUT2D eigenvalue weighted by Crippen LogP contribution is 2.32. The molecule has 0 bridgehead atoms. The molecule has 5 heteroatoms. The van der Waals surface area contributed by atoms with Crippen LogP contribution in [0.1, 0.15) is 16.5 Å². The van der Waals surface area contributed by atoms with Crippen molar-refractivity contribution >= 4 is 21.2 Å². The zero-order valence-corrected chi connectivity index (χ0v) is 12.0. The molecule has 2 aromatic rings. The van der Waals surface area contributed by atoms with E-state index in [2.05, 4.69) is 16.8 Å². The molecule has 0 aliphatic carbocycles. The van der Waals surface area contributed by atoms with Gasteiger partial charge >= 0.3 is 0 Å². The number of hydrogen-bond acceptors (Lipinski definition) is 4. The van der Waals surface area contributed by atoms with Gasteiger partial charge in [-0.1, -0.05) is 24.3 Å². The van der Waals surface area contributed by atoms with E-state index in [1.54, 1.807) is 23.5 Å². The number of nitrogens with one attached hydrogen (secondary N) is 1. The summed E-state index contributed by atoms with van der Waals surface area (Å²) in [4.78, 5) is 1.81. The van der Waals surface area contributed by atoms with Gasteiger partial charge in [0.15, 0.2) is 9.84 Å². The number of hydrogen-bond donors (Lipinski definition) is 1. The third-order valence-electron chi connectivity index (χ3n) is 3.36. The van der Waals surface area contributed by atoms with Crippen LogP contribution in [0.15, 0.2) is 46.7 Å². The van der Waals surface area contributed by atoms with Crippen molar-refractivity contribution in [2.24, 2.45) is 0 Å². The topological polar surface area (TPSA) is 46.2 Å². The SMILES string of the molecule is O=S1(=O)CC(NCCc2cccs2)c2ccccc21. The van der Waals surface area contributed by atoms with E-state index in [1.165, 1.54) is 4.88 Å². The molecule has 1 N–H and O–H groups in total. The average molecular weight is 293 g/mol. The highest BCUT2D eigenvalue weighted by molar-refractivity contribution is 7.91. The summed E-state index contributed by atoms with van der Waals surface area (Å²) in [6, 6.07) is 11.4. The van der Waals surface area contributed by atoms with Gasteiger partial charge < -0.3 is 5.32 Å². The Balaban J connectivity index is 1.70. The van der Waals surface area contributed by atoms with Crippen LogP contribution in [0.4, 0.5) is 0 Å². The van der Waals surface area contributed by atoms with Crippen molar-refractivity contribution in [3.63, 3.8) is 0 Å². The van der Waals surface area contributed by atoms with E-state index in [0.717, 1.165) is 18.5 Å². The lowest BCUT2D eigenvalue weighted by Gasteiger charge is -2.11. The number of benzene rings is 1. The monoisotopic (exact) mass is 293 g/mol. The van der Waals surface area contributed by atoms with E-state index in [1.807, 2.05) is 18.2 Å². The van der Waals surface area contributed by atoms with Gasteiger partial charge in [0.05, 0.1) is 10.6 Å². The van der Waals surface area contributed by atoms with Crippen LogP contribution in [0.3, 0.4) is 0 Å². The lowest BCUT2D eigenvalue weighted by atomic mass is 10.1. The molecule has 1 aromatic heterocycles. The summed E-state index contributed by atoms with van der Waals surface area (Å²) in [5.74, 6) is 0.177. The second-order valence-electron chi connectivity index (χ2n) is 4.66. The minimum absolute atomic E-state index is 0.0684. The number of fused-ring (bicyclic) bond motifs is 1. The normalized spacial score (nSPS) is 20.3. The Labute approximate surface area is 117 Å². The summed E-state index contributed by atoms with van der Waals surface area (Å²) in [7, 11) is -3.10. The van der Waals surface area contributed by atoms with Crippen LogP contribution >= 0.6 is 11.3 Å². The second-order valence-corrected chi connectivity index (χ2v) is 7.69. The molecule has 0 spiro atoms. The molecule has 1 aromatic carbocycles. The van der Waals surface area contributed by atoms with Gasteiger partial charge in [-0.15, -0.1) is 11.3 Å². The van der Waals surface area contributed by atoms with Crippen LogP contribution in [-0.4, -0.2) is 20.7 Å². The molecule has 19 heavy (non-hydrogen) atoms. The molecule has 0 radical (unpaired) electrons. The first-order chi connectivity index (χ1) is 9.17. The number of rotatable bonds is 4. The Morgan fingerprint density at radius 1 is 1.21 bits per heavy atom. The summed E-state index contributed by atoms with van der Waals surface area (Å²) in [6.45, 7) is 0.801. The smallest absolute Gasteiger partial charge is 0.180 e. The van der Waals surface area contributed by atoms with Crippen LogP contribution in [0, 0.1) is 0 Å². The standard InChI is InChI=1S/C14H15NO2S2/c16-19(17)10-13(12-5-1-2-6-14(12)19)15-8-7-11-4-3-9-18-11/h1-6,9,13,15H,7-8,10H2. The fourth-order valence-electron chi connectivity index (χ4n) is 2.44. The molecule has 0 amide bonds. The lowest BCUT2D eigenvalue weighted by molar-refractivity contribution is 0.569. The molecule has 2 heterocycles. The van der Waals surface area contributed by atoms with E-state index < -0.39 is 9.84 Å². The molecule has 3 nitrogen and oxygen atoms in total. The van der Waals surface area contributed by atoms with Crippen LogP contribution < -0.4 is 5.32 Å². The van der Waals surface area contributed by atoms with Crippen molar-refractivity contribution in [1.29, 1.82) is 0 Å². The molecule has 0 fully saturated rings. The molecular formula is C14H15NO2S2. The minimum Gasteiger partial charge on any atom is -0.309 e. The Bertz CT molecular complexity index is 663. The highest BCUT2D eigenvalue weighted by atomic mass is 32.2. The maximum Gasteiger partial charge on any atom is 0.180 e. The molecule has 1 aliphatic heterocycles. The first-order valence-electron chi connectivity index (χ1n) is 6.24. The first kappa shape index (κ1) is 12.8. The Hall–Kier alpha value is -1.17. The molecule has 100 valence electrons. The maximum absolute atomic E-state index is 12.0. The number of sulfone groups is 1. The third kappa shape index (κ3) is 2.59. The largest absolute Gasteiger partial charge is 0.309 e. The molecule has 0 saturated carbocycles. The highest BCUT2D eigenvalue weighted by Gasteiger charge is 2.33. The van der Waals surface area contributed by atoms with Gasteiger partial charge in [0.2, 0.25) is 0 Å². The van der Waals surface area contributed by atoms with Gasteiger partial charge in [-0.05, 0) is 29.5 Å². The fourth-order valence-corrected chi connectivity index (χ4v) is 4.92. The zero-order valence-electron chi connectivity index (χ0n) is 10.4. The quantitative estimate of drug-likeness (QED) is 0.941. The molecule has 0 saturated heterocycles. The molecule has 3 rings (SSSR count). The predicted octanol–water partition coefficient (Wildman–Crippen LogP) is 2.41. The van der Waals surface area contributed by atoms with Crippen LogP contribution in [0.5, 0.6) is 0 Å². The van der Waals surface area contributed by atoms with E-state index in [4.69, 9.17) is 0 Å². The second kappa shape index (κ2) is 5.07. The van der Waals surface area contributed by atoms with Crippen LogP contribution in [0.25, 0.3) is 0 Å². The Morgan fingerprint density at radius 2 is 2.05 bits per heavy atom. The minimum atomic E-state index is -3.10. The van der Waals surface area contributed by atoms with E-state index in [9.17, 15) is 8.42 Å². The van der Waals surface area contributed by atoms with Crippen LogP contribution in [-0.2, 0) is 16.3 Å². The summed E-state index contributed by atoms with van der Waals surface area (Å²) < 4.78 is 24.0. The zero-order chi connectivity index (χ0) is 13.3. The van der Waals surface area contributed by atoms with Gasteiger partial charge in [0.25, 0.3) is 0 Å². The average Bonchev–Trinajstić information content (AvgIpc) is 2.98. The van der Waals surface area contributed by atoms with Crippen molar-refractivity contribution in [3.8, 4) is 0 Å². The van der Waals surface area contributed by atoms with Crippen LogP contribution in [0.2, 0.25) is 0 Å². The van der Waals surface area contributed by atoms with Gasteiger partial charge in [-0.25, -0.2) is 8.42 Å². The van der Waals surface area contributed by atoms with Gasteiger partial charge in [0, 0.05) is 17.5 Å². The fraction of sp³-hybridized carbons (Fsp3) is 0.286. The number of thiophene rings is 1.